The number of pyridine rings is 1. The summed E-state index contributed by atoms with van der Waals surface area (Å²) in [5, 5.41) is 13.8. The van der Waals surface area contributed by atoms with Crippen LogP contribution in [0.4, 0.5) is 24.7 Å². The Balaban J connectivity index is 0.000000505. The average Bonchev–Trinajstić information content (AvgIpc) is 2.89. The Morgan fingerprint density at radius 2 is 1.74 bits per heavy atom. The number of aliphatic carboxylic acids is 1. The number of carboxylic acid groups (broad SMARTS) is 1. The SMILES string of the molecule is CC1CCN(C(=O)c2cc(NC(=O)c3cccc(Cl)c3)cnc2N2CCNCC2)CC1.O=C(O)C(F)(F)F. The van der Waals surface area contributed by atoms with Crippen molar-refractivity contribution in [2.45, 2.75) is 25.9 Å². The van der Waals surface area contributed by atoms with Gasteiger partial charge in [-0.3, -0.25) is 9.59 Å². The van der Waals surface area contributed by atoms with Crippen molar-refractivity contribution in [3.63, 3.8) is 0 Å². The molecule has 206 valence electrons. The second kappa shape index (κ2) is 12.9. The van der Waals surface area contributed by atoms with Crippen LogP contribution in [-0.2, 0) is 4.79 Å². The van der Waals surface area contributed by atoms with Crippen molar-refractivity contribution in [3.8, 4) is 0 Å². The van der Waals surface area contributed by atoms with Crippen LogP contribution in [0.1, 0.15) is 40.5 Å². The fourth-order valence-electron chi connectivity index (χ4n) is 4.03. The maximum atomic E-state index is 13.4. The number of amides is 2. The number of alkyl halides is 3. The molecule has 2 aliphatic rings. The Hall–Kier alpha value is -3.38. The molecule has 0 radical (unpaired) electrons. The fraction of sp³-hybridized carbons (Fsp3) is 0.440. The number of benzene rings is 1. The zero-order valence-electron chi connectivity index (χ0n) is 20.7. The fourth-order valence-corrected chi connectivity index (χ4v) is 4.22. The molecule has 3 N–H and O–H groups in total. The number of likely N-dealkylation sites (tertiary alicyclic amines) is 1. The minimum absolute atomic E-state index is 0.0215. The van der Waals surface area contributed by atoms with Crippen LogP contribution in [0.15, 0.2) is 36.5 Å². The highest BCUT2D eigenvalue weighted by Crippen LogP contribution is 2.26. The van der Waals surface area contributed by atoms with Gasteiger partial charge in [0.15, 0.2) is 0 Å². The number of carbonyl (C=O) groups is 3. The van der Waals surface area contributed by atoms with E-state index in [0.29, 0.717) is 33.6 Å². The van der Waals surface area contributed by atoms with Gasteiger partial charge < -0.3 is 25.5 Å². The quantitative estimate of drug-likeness (QED) is 0.524. The van der Waals surface area contributed by atoms with Crippen molar-refractivity contribution in [1.29, 1.82) is 0 Å². The maximum absolute atomic E-state index is 13.4. The lowest BCUT2D eigenvalue weighted by Crippen LogP contribution is -2.45. The first-order valence-electron chi connectivity index (χ1n) is 12.1. The molecular formula is C25H29ClF3N5O4. The van der Waals surface area contributed by atoms with E-state index in [1.165, 1.54) is 0 Å². The van der Waals surface area contributed by atoms with Crippen LogP contribution in [-0.4, -0.2) is 78.2 Å². The molecule has 1 aromatic carbocycles. The van der Waals surface area contributed by atoms with Gasteiger partial charge in [-0.15, -0.1) is 0 Å². The second-order valence-corrected chi connectivity index (χ2v) is 9.51. The number of carbonyl (C=O) groups excluding carboxylic acids is 2. The van der Waals surface area contributed by atoms with Crippen LogP contribution in [0.25, 0.3) is 0 Å². The summed E-state index contributed by atoms with van der Waals surface area (Å²) in [5.41, 5.74) is 1.49. The average molecular weight is 556 g/mol. The van der Waals surface area contributed by atoms with Crippen LogP contribution in [0.3, 0.4) is 0 Å². The van der Waals surface area contributed by atoms with Gasteiger partial charge in [0.05, 0.1) is 17.4 Å². The summed E-state index contributed by atoms with van der Waals surface area (Å²) in [6, 6.07) is 8.52. The summed E-state index contributed by atoms with van der Waals surface area (Å²) in [7, 11) is 0. The van der Waals surface area contributed by atoms with E-state index in [1.807, 2.05) is 4.90 Å². The minimum atomic E-state index is -5.08. The van der Waals surface area contributed by atoms with Gasteiger partial charge in [0.1, 0.15) is 5.82 Å². The highest BCUT2D eigenvalue weighted by molar-refractivity contribution is 6.31. The molecular weight excluding hydrogens is 527 g/mol. The Bertz CT molecular complexity index is 1150. The first-order valence-corrected chi connectivity index (χ1v) is 12.5. The van der Waals surface area contributed by atoms with Gasteiger partial charge in [-0.1, -0.05) is 24.6 Å². The molecule has 2 saturated heterocycles. The van der Waals surface area contributed by atoms with Crippen LogP contribution in [0.2, 0.25) is 5.02 Å². The smallest absolute Gasteiger partial charge is 0.475 e. The lowest BCUT2D eigenvalue weighted by Gasteiger charge is -2.33. The summed E-state index contributed by atoms with van der Waals surface area (Å²) in [6.07, 6.45) is -1.45. The Morgan fingerprint density at radius 1 is 1.11 bits per heavy atom. The molecule has 0 spiro atoms. The van der Waals surface area contributed by atoms with E-state index in [9.17, 15) is 22.8 Å². The first-order chi connectivity index (χ1) is 18.0. The molecule has 2 aromatic rings. The van der Waals surface area contributed by atoms with Gasteiger partial charge in [0, 0.05) is 49.9 Å². The summed E-state index contributed by atoms with van der Waals surface area (Å²) < 4.78 is 31.7. The molecule has 2 amide bonds. The third-order valence-corrected chi connectivity index (χ3v) is 6.41. The van der Waals surface area contributed by atoms with Gasteiger partial charge in [-0.25, -0.2) is 9.78 Å². The molecule has 1 aromatic heterocycles. The highest BCUT2D eigenvalue weighted by Gasteiger charge is 2.38. The number of nitrogens with zero attached hydrogens (tertiary/aromatic N) is 3. The van der Waals surface area contributed by atoms with Crippen LogP contribution < -0.4 is 15.5 Å². The molecule has 2 fully saturated rings. The number of hydrogen-bond acceptors (Lipinski definition) is 6. The number of piperazine rings is 1. The number of rotatable bonds is 4. The highest BCUT2D eigenvalue weighted by atomic mass is 35.5. The van der Waals surface area contributed by atoms with E-state index in [2.05, 4.69) is 27.4 Å². The van der Waals surface area contributed by atoms with Crippen molar-refractivity contribution in [2.75, 3.05) is 49.5 Å². The third kappa shape index (κ3) is 8.06. The standard InChI is InChI=1S/C23H28ClN5O2.C2HF3O2/c1-16-5-9-29(10-6-16)23(31)20-14-19(15-26-21(20)28-11-7-25-8-12-28)27-22(30)17-3-2-4-18(24)13-17;3-2(4,5)1(6)7/h2-4,13-16,25H,5-12H2,1H3,(H,27,30);(H,6,7). The van der Waals surface area contributed by atoms with Crippen LogP contribution in [0.5, 0.6) is 0 Å². The van der Waals surface area contributed by atoms with Crippen molar-refractivity contribution in [1.82, 2.24) is 15.2 Å². The number of hydrogen-bond donors (Lipinski definition) is 3. The van der Waals surface area contributed by atoms with Gasteiger partial charge in [0.2, 0.25) is 0 Å². The molecule has 0 unspecified atom stereocenters. The summed E-state index contributed by atoms with van der Waals surface area (Å²) in [5.74, 6) is -1.74. The predicted octanol–water partition coefficient (Wildman–Crippen LogP) is 3.90. The van der Waals surface area contributed by atoms with Crippen LogP contribution in [0, 0.1) is 5.92 Å². The van der Waals surface area contributed by atoms with E-state index in [0.717, 1.165) is 52.1 Å². The number of aromatic nitrogens is 1. The van der Waals surface area contributed by atoms with E-state index in [1.54, 1.807) is 36.5 Å². The predicted molar refractivity (Wildman–Crippen MR) is 137 cm³/mol. The summed E-state index contributed by atoms with van der Waals surface area (Å²) in [6.45, 7) is 7.01. The zero-order chi connectivity index (χ0) is 27.9. The second-order valence-electron chi connectivity index (χ2n) is 9.07. The Labute approximate surface area is 223 Å². The maximum Gasteiger partial charge on any atom is 0.490 e. The molecule has 0 atom stereocenters. The minimum Gasteiger partial charge on any atom is -0.475 e. The largest absolute Gasteiger partial charge is 0.490 e. The molecule has 4 rings (SSSR count). The third-order valence-electron chi connectivity index (χ3n) is 6.17. The molecule has 13 heteroatoms. The van der Waals surface area contributed by atoms with Crippen molar-refractivity contribution < 1.29 is 32.7 Å². The van der Waals surface area contributed by atoms with E-state index in [4.69, 9.17) is 21.5 Å². The lowest BCUT2D eigenvalue weighted by atomic mass is 9.98. The molecule has 0 bridgehead atoms. The van der Waals surface area contributed by atoms with E-state index >= 15 is 0 Å². The number of halogens is 4. The molecule has 0 aliphatic carbocycles. The number of anilines is 2. The molecule has 3 heterocycles. The number of piperidine rings is 1. The van der Waals surface area contributed by atoms with Gasteiger partial charge >= 0.3 is 12.1 Å². The van der Waals surface area contributed by atoms with Crippen molar-refractivity contribution in [2.24, 2.45) is 5.92 Å². The Kier molecular flexibility index (Phi) is 9.92. The normalized spacial score (nSPS) is 16.3. The molecule has 0 saturated carbocycles. The van der Waals surface area contributed by atoms with Gasteiger partial charge in [-0.2, -0.15) is 13.2 Å². The van der Waals surface area contributed by atoms with Crippen LogP contribution >= 0.6 is 11.6 Å². The monoisotopic (exact) mass is 555 g/mol. The Morgan fingerprint density at radius 3 is 2.32 bits per heavy atom. The zero-order valence-corrected chi connectivity index (χ0v) is 21.5. The molecule has 2 aliphatic heterocycles. The van der Waals surface area contributed by atoms with E-state index < -0.39 is 12.1 Å². The number of carboxylic acids is 1. The van der Waals surface area contributed by atoms with Gasteiger partial charge in [-0.05, 0) is 43.0 Å². The topological polar surface area (TPSA) is 115 Å². The first kappa shape index (κ1) is 29.2. The van der Waals surface area contributed by atoms with Crippen molar-refractivity contribution in [3.05, 3.63) is 52.7 Å². The molecule has 9 nitrogen and oxygen atoms in total. The van der Waals surface area contributed by atoms with Gasteiger partial charge in [0.25, 0.3) is 11.8 Å². The summed E-state index contributed by atoms with van der Waals surface area (Å²) >= 11 is 6.01. The number of nitrogens with one attached hydrogen (secondary N) is 2. The lowest BCUT2D eigenvalue weighted by molar-refractivity contribution is -0.192. The molecule has 38 heavy (non-hydrogen) atoms. The summed E-state index contributed by atoms with van der Waals surface area (Å²) in [4.78, 5) is 43.6. The van der Waals surface area contributed by atoms with Crippen molar-refractivity contribution >= 4 is 40.9 Å². The van der Waals surface area contributed by atoms with E-state index in [-0.39, 0.29) is 11.8 Å².